The first kappa shape index (κ1) is 17.5. The van der Waals surface area contributed by atoms with Crippen molar-refractivity contribution in [3.63, 3.8) is 0 Å². The van der Waals surface area contributed by atoms with Crippen LogP contribution in [0, 0.1) is 5.41 Å². The van der Waals surface area contributed by atoms with E-state index in [0.29, 0.717) is 6.42 Å². The number of rotatable bonds is 1. The second-order valence-corrected chi connectivity index (χ2v) is 9.08. The number of hydrogen-bond acceptors (Lipinski definition) is 5. The Labute approximate surface area is 174 Å². The zero-order valence-electron chi connectivity index (χ0n) is 17.0. The van der Waals surface area contributed by atoms with Crippen LogP contribution in [-0.4, -0.2) is 17.6 Å². The second-order valence-electron chi connectivity index (χ2n) is 9.08. The normalized spacial score (nSPS) is 21.3. The zero-order chi connectivity index (χ0) is 20.5. The van der Waals surface area contributed by atoms with Crippen molar-refractivity contribution in [2.45, 2.75) is 32.7 Å². The van der Waals surface area contributed by atoms with Gasteiger partial charge in [-0.15, -0.1) is 0 Å². The van der Waals surface area contributed by atoms with Crippen LogP contribution in [0.1, 0.15) is 43.9 Å². The Morgan fingerprint density at radius 3 is 2.83 bits per heavy atom. The number of benzene rings is 2. The van der Waals surface area contributed by atoms with Crippen LogP contribution in [0.3, 0.4) is 0 Å². The molecule has 1 aromatic heterocycles. The fraction of sp³-hybridized carbons (Fsp3) is 0.280. The summed E-state index contributed by atoms with van der Waals surface area (Å²) in [6.45, 7) is 4.59. The van der Waals surface area contributed by atoms with Crippen LogP contribution in [0.5, 0.6) is 11.5 Å². The lowest BCUT2D eigenvalue weighted by Crippen LogP contribution is -2.33. The van der Waals surface area contributed by atoms with Crippen molar-refractivity contribution in [1.29, 1.82) is 0 Å². The van der Waals surface area contributed by atoms with Crippen LogP contribution in [0.4, 0.5) is 5.69 Å². The Morgan fingerprint density at radius 1 is 1.07 bits per heavy atom. The van der Waals surface area contributed by atoms with E-state index in [2.05, 4.69) is 36.3 Å². The van der Waals surface area contributed by atoms with Gasteiger partial charge in [0, 0.05) is 34.8 Å². The summed E-state index contributed by atoms with van der Waals surface area (Å²) in [7, 11) is 0. The van der Waals surface area contributed by atoms with E-state index in [-0.39, 0.29) is 24.0 Å². The maximum Gasteiger partial charge on any atom is 0.231 e. The quantitative estimate of drug-likeness (QED) is 0.605. The molecule has 1 aliphatic carbocycles. The Hall–Kier alpha value is -3.34. The first-order chi connectivity index (χ1) is 14.5. The highest BCUT2D eigenvalue weighted by molar-refractivity contribution is 6.12. The first-order valence-electron chi connectivity index (χ1n) is 10.3. The van der Waals surface area contributed by atoms with E-state index in [0.717, 1.165) is 56.8 Å². The SMILES string of the molecule is CC1(C)CC(=O)C2=C(C1)c1c(ccc3ncccc13)NC2c1ccc2c(c1)OCO2. The largest absolute Gasteiger partial charge is 0.454 e. The minimum atomic E-state index is -0.209. The molecule has 5 heteroatoms. The predicted molar refractivity (Wildman–Crippen MR) is 116 cm³/mol. The van der Waals surface area contributed by atoms with Gasteiger partial charge in [0.15, 0.2) is 17.3 Å². The van der Waals surface area contributed by atoms with E-state index >= 15 is 0 Å². The molecule has 0 saturated carbocycles. The molecule has 0 saturated heterocycles. The summed E-state index contributed by atoms with van der Waals surface area (Å²) in [5.74, 6) is 1.69. The molecule has 0 radical (unpaired) electrons. The lowest BCUT2D eigenvalue weighted by Gasteiger charge is -2.40. The van der Waals surface area contributed by atoms with Gasteiger partial charge in [0.2, 0.25) is 6.79 Å². The predicted octanol–water partition coefficient (Wildman–Crippen LogP) is 5.27. The van der Waals surface area contributed by atoms with Crippen molar-refractivity contribution in [2.75, 3.05) is 12.1 Å². The fourth-order valence-corrected chi connectivity index (χ4v) is 5.06. The number of hydrogen-bond donors (Lipinski definition) is 1. The average molecular weight is 398 g/mol. The Kier molecular flexibility index (Phi) is 3.55. The lowest BCUT2D eigenvalue weighted by atomic mass is 9.68. The van der Waals surface area contributed by atoms with Gasteiger partial charge in [0.25, 0.3) is 0 Å². The molecule has 5 nitrogen and oxygen atoms in total. The maximum absolute atomic E-state index is 13.4. The third kappa shape index (κ3) is 2.54. The van der Waals surface area contributed by atoms with Crippen LogP contribution < -0.4 is 14.8 Å². The third-order valence-electron chi connectivity index (χ3n) is 6.33. The maximum atomic E-state index is 13.4. The van der Waals surface area contributed by atoms with Crippen molar-refractivity contribution < 1.29 is 14.3 Å². The highest BCUT2D eigenvalue weighted by atomic mass is 16.7. The molecule has 1 N–H and O–H groups in total. The number of ether oxygens (including phenoxy) is 2. The number of nitrogens with zero attached hydrogens (tertiary/aromatic N) is 1. The van der Waals surface area contributed by atoms with Crippen LogP contribution in [0.2, 0.25) is 0 Å². The van der Waals surface area contributed by atoms with Crippen molar-refractivity contribution in [1.82, 2.24) is 4.98 Å². The number of Topliss-reactive ketones (excluding diaryl/α,β-unsaturated/α-hetero) is 1. The number of ketones is 1. The van der Waals surface area contributed by atoms with Gasteiger partial charge in [-0.1, -0.05) is 26.0 Å². The van der Waals surface area contributed by atoms with Gasteiger partial charge in [-0.2, -0.15) is 0 Å². The molecule has 1 atom stereocenters. The van der Waals surface area contributed by atoms with Crippen LogP contribution in [0.25, 0.3) is 16.5 Å². The molecule has 2 aromatic carbocycles. The van der Waals surface area contributed by atoms with Gasteiger partial charge < -0.3 is 14.8 Å². The van der Waals surface area contributed by atoms with Crippen LogP contribution in [-0.2, 0) is 4.79 Å². The molecule has 30 heavy (non-hydrogen) atoms. The van der Waals surface area contributed by atoms with Crippen molar-refractivity contribution in [3.8, 4) is 11.5 Å². The molecule has 0 fully saturated rings. The molecule has 2 aliphatic heterocycles. The molecule has 3 aliphatic rings. The van der Waals surface area contributed by atoms with Gasteiger partial charge in [0.1, 0.15) is 0 Å². The molecule has 3 aromatic rings. The summed E-state index contributed by atoms with van der Waals surface area (Å²) < 4.78 is 11.1. The minimum Gasteiger partial charge on any atom is -0.454 e. The second kappa shape index (κ2) is 6.08. The molecular formula is C25H22N2O3. The van der Waals surface area contributed by atoms with Crippen molar-refractivity contribution in [2.24, 2.45) is 5.41 Å². The van der Waals surface area contributed by atoms with E-state index in [9.17, 15) is 4.79 Å². The number of aromatic nitrogens is 1. The van der Waals surface area contributed by atoms with Crippen molar-refractivity contribution in [3.05, 3.63) is 65.4 Å². The highest BCUT2D eigenvalue weighted by Gasteiger charge is 2.41. The number of allylic oxidation sites excluding steroid dienone is 1. The Balaban J connectivity index is 1.60. The summed E-state index contributed by atoms with van der Waals surface area (Å²) in [4.78, 5) is 18.0. The average Bonchev–Trinajstić information content (AvgIpc) is 3.19. The van der Waals surface area contributed by atoms with E-state index in [1.165, 1.54) is 0 Å². The lowest BCUT2D eigenvalue weighted by molar-refractivity contribution is -0.118. The molecule has 0 amide bonds. The van der Waals surface area contributed by atoms with E-state index in [1.807, 2.05) is 36.5 Å². The number of anilines is 1. The van der Waals surface area contributed by atoms with Gasteiger partial charge in [-0.3, -0.25) is 9.78 Å². The molecule has 0 spiro atoms. The number of nitrogens with one attached hydrogen (secondary N) is 1. The molecule has 6 rings (SSSR count). The highest BCUT2D eigenvalue weighted by Crippen LogP contribution is 2.52. The van der Waals surface area contributed by atoms with Gasteiger partial charge >= 0.3 is 0 Å². The summed E-state index contributed by atoms with van der Waals surface area (Å²) in [5.41, 5.74) is 6.06. The minimum absolute atomic E-state index is 0.0751. The van der Waals surface area contributed by atoms with E-state index in [4.69, 9.17) is 9.47 Å². The van der Waals surface area contributed by atoms with Gasteiger partial charge in [0.05, 0.1) is 11.6 Å². The Bertz CT molecular complexity index is 1260. The number of carbonyl (C=O) groups excluding carboxylic acids is 1. The standard InChI is InChI=1S/C25H22N2O3/c1-25(2)11-16-22-15-4-3-9-26-17(15)6-7-18(22)27-24(23(16)19(28)12-25)14-5-8-20-21(10-14)30-13-29-20/h3-10,24,27H,11-13H2,1-2H3. The van der Waals surface area contributed by atoms with E-state index in [1.54, 1.807) is 0 Å². The molecule has 3 heterocycles. The number of fused-ring (bicyclic) bond motifs is 5. The molecule has 150 valence electrons. The van der Waals surface area contributed by atoms with Gasteiger partial charge in [-0.25, -0.2) is 0 Å². The third-order valence-corrected chi connectivity index (χ3v) is 6.33. The monoisotopic (exact) mass is 398 g/mol. The Morgan fingerprint density at radius 2 is 1.93 bits per heavy atom. The summed E-state index contributed by atoms with van der Waals surface area (Å²) in [6, 6.07) is 13.9. The first-order valence-corrected chi connectivity index (χ1v) is 10.3. The van der Waals surface area contributed by atoms with Crippen molar-refractivity contribution >= 4 is 27.9 Å². The number of pyridine rings is 1. The number of carbonyl (C=O) groups is 1. The molecular weight excluding hydrogens is 376 g/mol. The zero-order valence-corrected chi connectivity index (χ0v) is 17.0. The van der Waals surface area contributed by atoms with Gasteiger partial charge in [-0.05, 0) is 53.3 Å². The van der Waals surface area contributed by atoms with Crippen LogP contribution in [0.15, 0.2) is 54.2 Å². The topological polar surface area (TPSA) is 60.5 Å². The summed E-state index contributed by atoms with van der Waals surface area (Å²) in [5, 5.41) is 4.74. The molecule has 1 unspecified atom stereocenters. The fourth-order valence-electron chi connectivity index (χ4n) is 5.06. The summed E-state index contributed by atoms with van der Waals surface area (Å²) >= 11 is 0. The van der Waals surface area contributed by atoms with E-state index < -0.39 is 0 Å². The molecule has 0 bridgehead atoms. The van der Waals surface area contributed by atoms with Crippen LogP contribution >= 0.6 is 0 Å². The summed E-state index contributed by atoms with van der Waals surface area (Å²) in [6.07, 6.45) is 3.22. The smallest absolute Gasteiger partial charge is 0.231 e.